The number of aryl methyl sites for hydroxylation is 1. The third-order valence-corrected chi connectivity index (χ3v) is 7.67. The minimum Gasteiger partial charge on any atom is -0.392 e. The number of allylic oxidation sites excluding steroid dienone is 2. The summed E-state index contributed by atoms with van der Waals surface area (Å²) in [6.07, 6.45) is 2.71. The van der Waals surface area contributed by atoms with Gasteiger partial charge >= 0.3 is 0 Å². The fourth-order valence-corrected chi connectivity index (χ4v) is 5.56. The van der Waals surface area contributed by atoms with Gasteiger partial charge in [0.05, 0.1) is 11.5 Å². The summed E-state index contributed by atoms with van der Waals surface area (Å²) in [5.74, 6) is -0.0790. The molecule has 2 aromatic carbocycles. The molecule has 2 aromatic rings. The lowest BCUT2D eigenvalue weighted by atomic mass is 9.82. The van der Waals surface area contributed by atoms with E-state index in [1.54, 1.807) is 12.1 Å². The van der Waals surface area contributed by atoms with Gasteiger partial charge in [0.2, 0.25) is 10.0 Å². The van der Waals surface area contributed by atoms with E-state index in [2.05, 4.69) is 0 Å². The van der Waals surface area contributed by atoms with E-state index < -0.39 is 10.0 Å². The second-order valence-corrected chi connectivity index (χ2v) is 9.69. The van der Waals surface area contributed by atoms with E-state index in [1.165, 1.54) is 4.31 Å². The van der Waals surface area contributed by atoms with Crippen LogP contribution in [-0.2, 0) is 10.0 Å². The van der Waals surface area contributed by atoms with Crippen LogP contribution < -0.4 is 0 Å². The average molecular weight is 416 g/mol. The first-order valence-corrected chi connectivity index (χ1v) is 11.1. The predicted molar refractivity (Wildman–Crippen MR) is 112 cm³/mol. The summed E-state index contributed by atoms with van der Waals surface area (Å²) in [5.41, 5.74) is 5.17. The lowest BCUT2D eigenvalue weighted by Crippen LogP contribution is -2.29. The molecular weight excluding hydrogens is 394 g/mol. The second-order valence-electron chi connectivity index (χ2n) is 7.32. The number of rotatable bonds is 4. The minimum absolute atomic E-state index is 0.0551. The maximum absolute atomic E-state index is 13.2. The van der Waals surface area contributed by atoms with Crippen molar-refractivity contribution in [3.05, 3.63) is 81.9 Å². The number of aliphatic hydroxyl groups excluding tert-OH is 1. The van der Waals surface area contributed by atoms with Gasteiger partial charge in [-0.2, -0.15) is 4.31 Å². The lowest BCUT2D eigenvalue weighted by molar-refractivity contribution is 0.316. The van der Waals surface area contributed by atoms with Crippen LogP contribution in [0.5, 0.6) is 0 Å². The van der Waals surface area contributed by atoms with E-state index in [9.17, 15) is 13.5 Å². The molecule has 0 spiro atoms. The molecule has 4 nitrogen and oxygen atoms in total. The molecule has 146 valence electrons. The van der Waals surface area contributed by atoms with Gasteiger partial charge in [-0.05, 0) is 59.9 Å². The number of fused-ring (bicyclic) bond motifs is 1. The highest BCUT2D eigenvalue weighted by Gasteiger charge is 2.39. The van der Waals surface area contributed by atoms with E-state index in [-0.39, 0.29) is 12.5 Å². The Morgan fingerprint density at radius 3 is 2.43 bits per heavy atom. The van der Waals surface area contributed by atoms with E-state index >= 15 is 0 Å². The van der Waals surface area contributed by atoms with E-state index in [4.69, 9.17) is 11.6 Å². The highest BCUT2D eigenvalue weighted by atomic mass is 35.5. The smallest absolute Gasteiger partial charge is 0.243 e. The lowest BCUT2D eigenvalue weighted by Gasteiger charge is -2.23. The van der Waals surface area contributed by atoms with Crippen LogP contribution in [0.25, 0.3) is 5.57 Å². The van der Waals surface area contributed by atoms with Gasteiger partial charge in [0.15, 0.2) is 0 Å². The van der Waals surface area contributed by atoms with Gasteiger partial charge in [-0.1, -0.05) is 47.5 Å². The van der Waals surface area contributed by atoms with E-state index in [0.717, 1.165) is 27.8 Å². The third-order valence-electron chi connectivity index (χ3n) is 5.59. The predicted octanol–water partition coefficient (Wildman–Crippen LogP) is 4.05. The van der Waals surface area contributed by atoms with Gasteiger partial charge in [-0.15, -0.1) is 0 Å². The fourth-order valence-electron chi connectivity index (χ4n) is 4.00. The molecule has 6 heteroatoms. The van der Waals surface area contributed by atoms with Crippen molar-refractivity contribution in [2.75, 3.05) is 19.7 Å². The molecule has 2 aliphatic rings. The van der Waals surface area contributed by atoms with Gasteiger partial charge in [0.1, 0.15) is 0 Å². The molecule has 0 aromatic heterocycles. The zero-order chi connectivity index (χ0) is 19.9. The molecule has 4 rings (SSSR count). The summed E-state index contributed by atoms with van der Waals surface area (Å²) in [6.45, 7) is 2.58. The summed E-state index contributed by atoms with van der Waals surface area (Å²) in [4.78, 5) is 0.305. The minimum atomic E-state index is -3.59. The Balaban J connectivity index is 1.73. The molecule has 1 aliphatic carbocycles. The first kappa shape index (κ1) is 19.4. The van der Waals surface area contributed by atoms with Crippen LogP contribution in [0.3, 0.4) is 0 Å². The summed E-state index contributed by atoms with van der Waals surface area (Å²) < 4.78 is 27.9. The number of hydrogen-bond acceptors (Lipinski definition) is 3. The van der Waals surface area contributed by atoms with Crippen LogP contribution in [-0.4, -0.2) is 37.5 Å². The molecule has 1 N–H and O–H groups in total. The molecule has 1 aliphatic heterocycles. The Hall–Kier alpha value is -1.92. The van der Waals surface area contributed by atoms with Gasteiger partial charge < -0.3 is 5.11 Å². The Bertz CT molecular complexity index is 1050. The van der Waals surface area contributed by atoms with Gasteiger partial charge in [-0.3, -0.25) is 0 Å². The molecular formula is C22H22ClNO3S. The van der Waals surface area contributed by atoms with Crippen molar-refractivity contribution in [2.24, 2.45) is 5.92 Å². The van der Waals surface area contributed by atoms with E-state index in [1.807, 2.05) is 49.4 Å². The molecule has 0 bridgehead atoms. The van der Waals surface area contributed by atoms with Crippen molar-refractivity contribution < 1.29 is 13.5 Å². The summed E-state index contributed by atoms with van der Waals surface area (Å²) in [5, 5.41) is 10.5. The van der Waals surface area contributed by atoms with Crippen LogP contribution in [0.4, 0.5) is 0 Å². The maximum Gasteiger partial charge on any atom is 0.243 e. The molecule has 1 fully saturated rings. The van der Waals surface area contributed by atoms with Crippen molar-refractivity contribution in [1.82, 2.24) is 4.31 Å². The number of halogens is 1. The van der Waals surface area contributed by atoms with Crippen molar-refractivity contribution in [3.8, 4) is 0 Å². The standard InChI is InChI=1S/C22H22ClNO3S/c1-15-2-9-19(10-3-15)28(26,27)24-12-21-17(14-25)6-11-20(22(21)13-24)16-4-7-18(23)8-5-16/h2-10,21,25H,11-14H2,1H3. The monoisotopic (exact) mass is 415 g/mol. The maximum atomic E-state index is 13.2. The number of hydrogen-bond donors (Lipinski definition) is 1. The van der Waals surface area contributed by atoms with Crippen LogP contribution in [0, 0.1) is 12.8 Å². The van der Waals surface area contributed by atoms with Crippen LogP contribution in [0.2, 0.25) is 5.02 Å². The first-order valence-electron chi connectivity index (χ1n) is 9.24. The van der Waals surface area contributed by atoms with E-state index in [0.29, 0.717) is 29.4 Å². The normalized spacial score (nSPS) is 20.2. The molecule has 28 heavy (non-hydrogen) atoms. The first-order chi connectivity index (χ1) is 13.4. The molecule has 0 radical (unpaired) electrons. The third kappa shape index (κ3) is 3.44. The average Bonchev–Trinajstić information content (AvgIpc) is 3.15. The van der Waals surface area contributed by atoms with Crippen LogP contribution in [0.15, 0.2) is 70.6 Å². The molecule has 0 saturated carbocycles. The van der Waals surface area contributed by atoms with Crippen molar-refractivity contribution in [2.45, 2.75) is 18.2 Å². The highest BCUT2D eigenvalue weighted by Crippen LogP contribution is 2.42. The summed E-state index contributed by atoms with van der Waals surface area (Å²) in [6, 6.07) is 14.6. The Kier molecular flexibility index (Phi) is 5.19. The fraction of sp³-hybridized carbons (Fsp3) is 0.273. The zero-order valence-corrected chi connectivity index (χ0v) is 17.2. The Morgan fingerprint density at radius 2 is 1.79 bits per heavy atom. The largest absolute Gasteiger partial charge is 0.392 e. The zero-order valence-electron chi connectivity index (χ0n) is 15.6. The van der Waals surface area contributed by atoms with Crippen LogP contribution in [0.1, 0.15) is 17.5 Å². The highest BCUT2D eigenvalue weighted by molar-refractivity contribution is 7.89. The van der Waals surface area contributed by atoms with Gasteiger partial charge in [0.25, 0.3) is 0 Å². The SMILES string of the molecule is Cc1ccc(S(=O)(=O)N2CC3=C(c4ccc(Cl)cc4)CC=C(CO)C3C2)cc1. The topological polar surface area (TPSA) is 57.6 Å². The Morgan fingerprint density at radius 1 is 1.11 bits per heavy atom. The van der Waals surface area contributed by atoms with Crippen molar-refractivity contribution >= 4 is 27.2 Å². The number of sulfonamides is 1. The molecule has 1 unspecified atom stereocenters. The summed E-state index contributed by atoms with van der Waals surface area (Å²) >= 11 is 6.02. The molecule has 1 heterocycles. The molecule has 0 amide bonds. The summed E-state index contributed by atoms with van der Waals surface area (Å²) in [7, 11) is -3.59. The molecule has 1 saturated heterocycles. The number of benzene rings is 2. The van der Waals surface area contributed by atoms with Crippen molar-refractivity contribution in [3.63, 3.8) is 0 Å². The van der Waals surface area contributed by atoms with Gasteiger partial charge in [-0.25, -0.2) is 8.42 Å². The number of nitrogens with zero attached hydrogens (tertiary/aromatic N) is 1. The van der Waals surface area contributed by atoms with Gasteiger partial charge in [0, 0.05) is 24.0 Å². The number of aliphatic hydroxyl groups is 1. The van der Waals surface area contributed by atoms with Crippen LogP contribution >= 0.6 is 11.6 Å². The Labute approximate surface area is 170 Å². The quantitative estimate of drug-likeness (QED) is 0.766. The van der Waals surface area contributed by atoms with Crippen molar-refractivity contribution in [1.29, 1.82) is 0 Å². The molecule has 1 atom stereocenters. The second kappa shape index (κ2) is 7.48.